The van der Waals surface area contributed by atoms with Crippen molar-refractivity contribution in [3.63, 3.8) is 0 Å². The normalized spacial score (nSPS) is 11.4. The molecule has 0 amide bonds. The Labute approximate surface area is 251 Å². The van der Waals surface area contributed by atoms with E-state index in [2.05, 4.69) is 42.6 Å². The Morgan fingerprint density at radius 3 is 1.83 bits per heavy atom. The van der Waals surface area contributed by atoms with E-state index in [0.29, 0.717) is 32.1 Å². The molecule has 41 heavy (non-hydrogen) atoms. The molecular formula is C36H60N2O3. The van der Waals surface area contributed by atoms with Gasteiger partial charge >= 0.3 is 0 Å². The average Bonchev–Trinajstić information content (AvgIpc) is 2.96. The third-order valence-electron chi connectivity index (χ3n) is 7.78. The van der Waals surface area contributed by atoms with Gasteiger partial charge in [0.15, 0.2) is 5.75 Å². The summed E-state index contributed by atoms with van der Waals surface area (Å²) in [5.74, 6) is 0.443. The first-order valence-corrected chi connectivity index (χ1v) is 16.7. The Kier molecular flexibility index (Phi) is 20.1. The van der Waals surface area contributed by atoms with E-state index in [1.165, 1.54) is 95.5 Å². The number of unbranched alkanes of at least 4 members (excludes halogenated alkanes) is 15. The Balaban J connectivity index is 1.63. The van der Waals surface area contributed by atoms with Crippen LogP contribution in [0.1, 0.15) is 127 Å². The zero-order valence-corrected chi connectivity index (χ0v) is 26.7. The van der Waals surface area contributed by atoms with Crippen LogP contribution in [0.2, 0.25) is 0 Å². The number of hydrogen-bond donors (Lipinski definition) is 0. The van der Waals surface area contributed by atoms with Crippen molar-refractivity contribution in [3.8, 4) is 5.75 Å². The van der Waals surface area contributed by atoms with Crippen LogP contribution in [0.4, 0.5) is 0 Å². The fourth-order valence-electron chi connectivity index (χ4n) is 5.25. The summed E-state index contributed by atoms with van der Waals surface area (Å²) in [5, 5.41) is 0. The molecule has 0 fully saturated rings. The van der Waals surface area contributed by atoms with E-state index in [0.717, 1.165) is 31.5 Å². The molecule has 5 nitrogen and oxygen atoms in total. The first-order chi connectivity index (χ1) is 20.1. The van der Waals surface area contributed by atoms with Gasteiger partial charge in [-0.2, -0.15) is 0 Å². The minimum absolute atomic E-state index is 0.0577. The molecule has 0 aliphatic heterocycles. The quantitative estimate of drug-likeness (QED) is 0.106. The largest absolute Gasteiger partial charge is 0.488 e. The van der Waals surface area contributed by atoms with Gasteiger partial charge in [0.05, 0.1) is 19.4 Å². The molecule has 0 radical (unpaired) electrons. The lowest BCUT2D eigenvalue weighted by Gasteiger charge is -2.16. The Bertz CT molecular complexity index is 942. The molecule has 0 spiro atoms. The highest BCUT2D eigenvalue weighted by atomic mass is 16.5. The van der Waals surface area contributed by atoms with Crippen molar-refractivity contribution >= 4 is 0 Å². The summed E-state index contributed by atoms with van der Waals surface area (Å²) in [6.07, 6.45) is 24.4. The van der Waals surface area contributed by atoms with E-state index >= 15 is 0 Å². The number of aromatic nitrogens is 1. The van der Waals surface area contributed by atoms with Crippen LogP contribution in [-0.2, 0) is 17.9 Å². The highest BCUT2D eigenvalue weighted by Gasteiger charge is 2.09. The van der Waals surface area contributed by atoms with Crippen LogP contribution >= 0.6 is 0 Å². The van der Waals surface area contributed by atoms with E-state index in [1.54, 1.807) is 6.07 Å². The summed E-state index contributed by atoms with van der Waals surface area (Å²) in [4.78, 5) is 15.0. The minimum Gasteiger partial charge on any atom is -0.488 e. The fourth-order valence-corrected chi connectivity index (χ4v) is 5.25. The minimum atomic E-state index is -0.0577. The van der Waals surface area contributed by atoms with E-state index in [4.69, 9.17) is 9.47 Å². The zero-order valence-electron chi connectivity index (χ0n) is 26.7. The number of nitrogens with zero attached hydrogens (tertiary/aromatic N) is 2. The van der Waals surface area contributed by atoms with Gasteiger partial charge < -0.3 is 18.9 Å². The predicted molar refractivity (Wildman–Crippen MR) is 174 cm³/mol. The van der Waals surface area contributed by atoms with Crippen molar-refractivity contribution < 1.29 is 9.47 Å². The second kappa shape index (κ2) is 23.5. The molecule has 0 aliphatic rings. The van der Waals surface area contributed by atoms with Gasteiger partial charge in [0, 0.05) is 24.9 Å². The van der Waals surface area contributed by atoms with Gasteiger partial charge in [0.2, 0.25) is 5.43 Å². The van der Waals surface area contributed by atoms with Gasteiger partial charge in [0.25, 0.3) is 0 Å². The van der Waals surface area contributed by atoms with E-state index in [-0.39, 0.29) is 5.43 Å². The second-order valence-corrected chi connectivity index (χ2v) is 12.0. The molecule has 0 unspecified atom stereocenters. The Hall–Kier alpha value is -2.11. The van der Waals surface area contributed by atoms with Crippen molar-refractivity contribution in [2.45, 2.75) is 129 Å². The average molecular weight is 569 g/mol. The van der Waals surface area contributed by atoms with Gasteiger partial charge in [-0.05, 0) is 39.0 Å². The van der Waals surface area contributed by atoms with Crippen LogP contribution in [0.5, 0.6) is 5.75 Å². The van der Waals surface area contributed by atoms with Crippen LogP contribution in [0.15, 0.2) is 47.4 Å². The van der Waals surface area contributed by atoms with Crippen molar-refractivity contribution in [1.82, 2.24) is 9.47 Å². The van der Waals surface area contributed by atoms with Gasteiger partial charge in [-0.1, -0.05) is 134 Å². The fraction of sp³-hybridized carbons (Fsp3) is 0.694. The monoisotopic (exact) mass is 568 g/mol. The smallest absolute Gasteiger partial charge is 0.223 e. The molecular weight excluding hydrogens is 508 g/mol. The van der Waals surface area contributed by atoms with Gasteiger partial charge in [-0.15, -0.1) is 0 Å². The van der Waals surface area contributed by atoms with Crippen LogP contribution in [0.25, 0.3) is 0 Å². The summed E-state index contributed by atoms with van der Waals surface area (Å²) in [6, 6.07) is 12.0. The van der Waals surface area contributed by atoms with Crippen LogP contribution in [-0.4, -0.2) is 43.3 Å². The number of benzene rings is 1. The number of pyridine rings is 1. The maximum Gasteiger partial charge on any atom is 0.223 e. The maximum absolute atomic E-state index is 12.8. The molecule has 0 N–H and O–H groups in total. The molecule has 232 valence electrons. The highest BCUT2D eigenvalue weighted by Crippen LogP contribution is 2.15. The summed E-state index contributed by atoms with van der Waals surface area (Å²) in [6.45, 7) is 5.66. The molecule has 0 bridgehead atoms. The molecule has 0 saturated heterocycles. The second-order valence-electron chi connectivity index (χ2n) is 12.0. The van der Waals surface area contributed by atoms with E-state index < -0.39 is 0 Å². The van der Waals surface area contributed by atoms with Crippen molar-refractivity contribution in [1.29, 1.82) is 0 Å². The predicted octanol–water partition coefficient (Wildman–Crippen LogP) is 9.01. The third-order valence-corrected chi connectivity index (χ3v) is 7.78. The van der Waals surface area contributed by atoms with Crippen LogP contribution in [0, 0.1) is 0 Å². The molecule has 1 heterocycles. The Morgan fingerprint density at radius 1 is 0.707 bits per heavy atom. The van der Waals surface area contributed by atoms with E-state index in [9.17, 15) is 4.79 Å². The number of hydrogen-bond acceptors (Lipinski definition) is 4. The van der Waals surface area contributed by atoms with Crippen LogP contribution in [0.3, 0.4) is 0 Å². The maximum atomic E-state index is 12.8. The van der Waals surface area contributed by atoms with Crippen LogP contribution < -0.4 is 10.2 Å². The standard InChI is InChI=1S/C36H60N2O3/c1-4-5-6-7-8-9-10-11-12-13-14-15-16-17-18-22-28-41-36-31-38(30-33-24-20-19-21-25-33)34(29-35(36)39)32-40-27-23-26-37(2)3/h19-21,24-25,29,31H,4-18,22-23,26-28,30,32H2,1-3H3. The molecule has 1 aromatic carbocycles. The van der Waals surface area contributed by atoms with Crippen molar-refractivity contribution in [2.24, 2.45) is 0 Å². The lowest BCUT2D eigenvalue weighted by atomic mass is 10.0. The van der Waals surface area contributed by atoms with Crippen molar-refractivity contribution in [3.05, 3.63) is 64.1 Å². The van der Waals surface area contributed by atoms with E-state index in [1.807, 2.05) is 24.4 Å². The van der Waals surface area contributed by atoms with Gasteiger partial charge in [0.1, 0.15) is 0 Å². The molecule has 0 aliphatic carbocycles. The summed E-state index contributed by atoms with van der Waals surface area (Å²) in [5.41, 5.74) is 2.02. The molecule has 2 rings (SSSR count). The molecule has 1 aromatic heterocycles. The Morgan fingerprint density at radius 2 is 1.27 bits per heavy atom. The summed E-state index contributed by atoms with van der Waals surface area (Å²) in [7, 11) is 4.13. The molecule has 5 heteroatoms. The van der Waals surface area contributed by atoms with Crippen molar-refractivity contribution in [2.75, 3.05) is 33.9 Å². The topological polar surface area (TPSA) is 43.7 Å². The summed E-state index contributed by atoms with van der Waals surface area (Å²) >= 11 is 0. The molecule has 0 atom stereocenters. The van der Waals surface area contributed by atoms with Gasteiger partial charge in [-0.25, -0.2) is 0 Å². The van der Waals surface area contributed by atoms with Gasteiger partial charge in [-0.3, -0.25) is 4.79 Å². The first-order valence-electron chi connectivity index (χ1n) is 16.7. The third kappa shape index (κ3) is 17.4. The lowest BCUT2D eigenvalue weighted by Crippen LogP contribution is -2.18. The zero-order chi connectivity index (χ0) is 29.4. The first kappa shape index (κ1) is 35.1. The number of rotatable bonds is 26. The number of ether oxygens (including phenoxy) is 2. The summed E-state index contributed by atoms with van der Waals surface area (Å²) < 4.78 is 14.0. The molecule has 0 saturated carbocycles. The highest BCUT2D eigenvalue weighted by molar-refractivity contribution is 5.24. The lowest BCUT2D eigenvalue weighted by molar-refractivity contribution is 0.108. The molecule has 2 aromatic rings. The SMILES string of the molecule is CCCCCCCCCCCCCCCCCCOc1cn(Cc2ccccc2)c(COCCCN(C)C)cc1=O.